The number of ketones is 3. The van der Waals surface area contributed by atoms with Crippen LogP contribution in [-0.4, -0.2) is 28.4 Å². The number of carboxylic acid groups (broad SMARTS) is 1. The van der Waals surface area contributed by atoms with Crippen LogP contribution in [0.4, 0.5) is 0 Å². The van der Waals surface area contributed by atoms with Crippen LogP contribution in [0.5, 0.6) is 0 Å². The second kappa shape index (κ2) is 4.63. The Morgan fingerprint density at radius 3 is 2.00 bits per heavy atom. The summed E-state index contributed by atoms with van der Waals surface area (Å²) in [6, 6.07) is 0. The third-order valence-corrected chi connectivity index (χ3v) is 4.00. The smallest absolute Gasteiger partial charge is 0.318 e. The first kappa shape index (κ1) is 12.9. The Balaban J connectivity index is 2.31. The standard InChI is InChI=1S/C13H16O5/c14-9-5-10(15)7-13(6-9,12(17)18)11(16)8-3-1-2-4-8/h8H,1-7H2,(H,17,18). The SMILES string of the molecule is O=C1CC(=O)CC(C(=O)O)(C(=O)C2CCCC2)C1. The maximum absolute atomic E-state index is 12.4. The van der Waals surface area contributed by atoms with Crippen LogP contribution in [-0.2, 0) is 19.2 Å². The van der Waals surface area contributed by atoms with Gasteiger partial charge in [-0.25, -0.2) is 0 Å². The van der Waals surface area contributed by atoms with Gasteiger partial charge < -0.3 is 5.11 Å². The zero-order valence-electron chi connectivity index (χ0n) is 10.1. The molecule has 1 N–H and O–H groups in total. The Hall–Kier alpha value is -1.52. The van der Waals surface area contributed by atoms with Crippen LogP contribution in [0.3, 0.4) is 0 Å². The lowest BCUT2D eigenvalue weighted by Crippen LogP contribution is -2.48. The fraction of sp³-hybridized carbons (Fsp3) is 0.692. The molecule has 0 aromatic heterocycles. The molecule has 5 nitrogen and oxygen atoms in total. The second-order valence-electron chi connectivity index (χ2n) is 5.34. The summed E-state index contributed by atoms with van der Waals surface area (Å²) >= 11 is 0. The van der Waals surface area contributed by atoms with Crippen molar-refractivity contribution in [2.24, 2.45) is 11.3 Å². The summed E-state index contributed by atoms with van der Waals surface area (Å²) in [4.78, 5) is 46.8. The molecule has 2 aliphatic carbocycles. The van der Waals surface area contributed by atoms with E-state index in [4.69, 9.17) is 0 Å². The lowest BCUT2D eigenvalue weighted by molar-refractivity contribution is -0.163. The van der Waals surface area contributed by atoms with Gasteiger partial charge in [0.1, 0.15) is 17.0 Å². The molecular formula is C13H16O5. The minimum atomic E-state index is -1.78. The van der Waals surface area contributed by atoms with Crippen molar-refractivity contribution in [1.82, 2.24) is 0 Å². The van der Waals surface area contributed by atoms with Crippen molar-refractivity contribution in [1.29, 1.82) is 0 Å². The third kappa shape index (κ3) is 2.09. The van der Waals surface area contributed by atoms with E-state index in [0.717, 1.165) is 12.8 Å². The van der Waals surface area contributed by atoms with Crippen LogP contribution in [0.1, 0.15) is 44.9 Å². The molecule has 0 radical (unpaired) electrons. The van der Waals surface area contributed by atoms with Gasteiger partial charge in [0.15, 0.2) is 5.78 Å². The fourth-order valence-electron chi connectivity index (χ4n) is 3.09. The normalized spacial score (nSPS) is 24.2. The highest BCUT2D eigenvalue weighted by molar-refractivity contribution is 6.15. The number of hydrogen-bond donors (Lipinski definition) is 1. The van der Waals surface area contributed by atoms with Crippen molar-refractivity contribution in [3.8, 4) is 0 Å². The largest absolute Gasteiger partial charge is 0.480 e. The summed E-state index contributed by atoms with van der Waals surface area (Å²) in [7, 11) is 0. The highest BCUT2D eigenvalue weighted by Crippen LogP contribution is 2.40. The van der Waals surface area contributed by atoms with Crippen molar-refractivity contribution in [3.05, 3.63) is 0 Å². The highest BCUT2D eigenvalue weighted by Gasteiger charge is 2.53. The number of hydrogen-bond acceptors (Lipinski definition) is 4. The quantitative estimate of drug-likeness (QED) is 0.761. The molecule has 2 fully saturated rings. The third-order valence-electron chi connectivity index (χ3n) is 4.00. The van der Waals surface area contributed by atoms with E-state index in [1.54, 1.807) is 0 Å². The lowest BCUT2D eigenvalue weighted by Gasteiger charge is -2.32. The number of carbonyl (C=O) groups excluding carboxylic acids is 3. The first-order chi connectivity index (χ1) is 8.45. The molecule has 0 aliphatic heterocycles. The first-order valence-electron chi connectivity index (χ1n) is 6.27. The monoisotopic (exact) mass is 252 g/mol. The summed E-state index contributed by atoms with van der Waals surface area (Å²) < 4.78 is 0. The van der Waals surface area contributed by atoms with Crippen LogP contribution in [0.2, 0.25) is 0 Å². The highest BCUT2D eigenvalue weighted by atomic mass is 16.4. The molecule has 0 saturated heterocycles. The zero-order valence-corrected chi connectivity index (χ0v) is 10.1. The van der Waals surface area contributed by atoms with Gasteiger partial charge in [-0.15, -0.1) is 0 Å². The van der Waals surface area contributed by atoms with E-state index in [9.17, 15) is 24.3 Å². The van der Waals surface area contributed by atoms with E-state index in [2.05, 4.69) is 0 Å². The average Bonchev–Trinajstić information content (AvgIpc) is 2.79. The molecule has 0 aromatic rings. The Morgan fingerprint density at radius 1 is 1.06 bits per heavy atom. The Kier molecular flexibility index (Phi) is 3.32. The first-order valence-corrected chi connectivity index (χ1v) is 6.27. The summed E-state index contributed by atoms with van der Waals surface area (Å²) in [6.07, 6.45) is 2.31. The van der Waals surface area contributed by atoms with E-state index in [0.29, 0.717) is 12.8 Å². The molecule has 0 unspecified atom stereocenters. The molecule has 5 heteroatoms. The van der Waals surface area contributed by atoms with Crippen molar-refractivity contribution >= 4 is 23.3 Å². The molecule has 0 heterocycles. The number of carboxylic acids is 1. The van der Waals surface area contributed by atoms with Gasteiger partial charge in [-0.3, -0.25) is 19.2 Å². The van der Waals surface area contributed by atoms with E-state index >= 15 is 0 Å². The predicted octanol–water partition coefficient (Wildman–Crippen LogP) is 1.14. The Bertz CT molecular complexity index is 401. The minimum Gasteiger partial charge on any atom is -0.480 e. The number of aliphatic carboxylic acids is 1. The van der Waals surface area contributed by atoms with Gasteiger partial charge >= 0.3 is 5.97 Å². The minimum absolute atomic E-state index is 0.229. The molecule has 98 valence electrons. The van der Waals surface area contributed by atoms with Gasteiger partial charge in [-0.1, -0.05) is 12.8 Å². The summed E-state index contributed by atoms with van der Waals surface area (Å²) in [5.74, 6) is -2.88. The number of rotatable bonds is 3. The molecule has 2 aliphatic rings. The molecular weight excluding hydrogens is 236 g/mol. The van der Waals surface area contributed by atoms with Crippen molar-refractivity contribution < 1.29 is 24.3 Å². The second-order valence-corrected chi connectivity index (χ2v) is 5.34. The molecule has 2 saturated carbocycles. The molecule has 18 heavy (non-hydrogen) atoms. The fourth-order valence-corrected chi connectivity index (χ4v) is 3.09. The maximum Gasteiger partial charge on any atom is 0.318 e. The maximum atomic E-state index is 12.4. The topological polar surface area (TPSA) is 88.5 Å². The predicted molar refractivity (Wildman–Crippen MR) is 60.9 cm³/mol. The molecule has 0 atom stereocenters. The number of Topliss-reactive ketones (excluding diaryl/α,β-unsaturated/α-hetero) is 3. The van der Waals surface area contributed by atoms with Gasteiger partial charge in [0.05, 0.1) is 6.42 Å². The van der Waals surface area contributed by atoms with E-state index in [-0.39, 0.29) is 25.2 Å². The number of carbonyl (C=O) groups is 4. The van der Waals surface area contributed by atoms with Crippen molar-refractivity contribution in [2.75, 3.05) is 0 Å². The van der Waals surface area contributed by atoms with Crippen LogP contribution < -0.4 is 0 Å². The van der Waals surface area contributed by atoms with E-state index < -0.39 is 28.7 Å². The van der Waals surface area contributed by atoms with Gasteiger partial charge in [0.2, 0.25) is 0 Å². The molecule has 0 amide bonds. The van der Waals surface area contributed by atoms with Crippen LogP contribution in [0, 0.1) is 11.3 Å². The molecule has 0 aromatic carbocycles. The van der Waals surface area contributed by atoms with Crippen LogP contribution in [0.25, 0.3) is 0 Å². The van der Waals surface area contributed by atoms with Crippen molar-refractivity contribution in [3.63, 3.8) is 0 Å². The van der Waals surface area contributed by atoms with Crippen LogP contribution >= 0.6 is 0 Å². The Morgan fingerprint density at radius 2 is 1.56 bits per heavy atom. The molecule has 0 spiro atoms. The average molecular weight is 252 g/mol. The summed E-state index contributed by atoms with van der Waals surface area (Å²) in [5.41, 5.74) is -1.78. The van der Waals surface area contributed by atoms with Crippen LogP contribution in [0.15, 0.2) is 0 Å². The Labute approximate surface area is 105 Å². The van der Waals surface area contributed by atoms with E-state index in [1.807, 2.05) is 0 Å². The molecule has 2 rings (SSSR count). The lowest BCUT2D eigenvalue weighted by atomic mass is 9.67. The van der Waals surface area contributed by atoms with Gasteiger partial charge in [0, 0.05) is 18.8 Å². The zero-order chi connectivity index (χ0) is 13.3. The van der Waals surface area contributed by atoms with Gasteiger partial charge in [-0.2, -0.15) is 0 Å². The van der Waals surface area contributed by atoms with Crippen molar-refractivity contribution in [2.45, 2.75) is 44.9 Å². The van der Waals surface area contributed by atoms with Gasteiger partial charge in [0.25, 0.3) is 0 Å². The molecule has 0 bridgehead atoms. The van der Waals surface area contributed by atoms with Gasteiger partial charge in [-0.05, 0) is 12.8 Å². The summed E-state index contributed by atoms with van der Waals surface area (Å²) in [6.45, 7) is 0. The summed E-state index contributed by atoms with van der Waals surface area (Å²) in [5, 5.41) is 9.33. The van der Waals surface area contributed by atoms with E-state index in [1.165, 1.54) is 0 Å².